The summed E-state index contributed by atoms with van der Waals surface area (Å²) in [7, 11) is 0. The maximum absolute atomic E-state index is 13.2. The van der Waals surface area contributed by atoms with Gasteiger partial charge in [0.05, 0.1) is 24.0 Å². The van der Waals surface area contributed by atoms with Crippen LogP contribution in [0.5, 0.6) is 5.75 Å². The Balaban J connectivity index is 1.81. The Bertz CT molecular complexity index is 930. The predicted molar refractivity (Wildman–Crippen MR) is 114 cm³/mol. The van der Waals surface area contributed by atoms with Crippen molar-refractivity contribution in [3.8, 4) is 5.75 Å². The first kappa shape index (κ1) is 18.6. The molecular weight excluding hydrogens is 348 g/mol. The van der Waals surface area contributed by atoms with E-state index in [-0.39, 0.29) is 17.2 Å². The number of hydrogen-bond acceptors (Lipinski definition) is 4. The first-order chi connectivity index (χ1) is 13.5. The number of para-hydroxylation sites is 2. The van der Waals surface area contributed by atoms with Crippen LogP contribution >= 0.6 is 0 Å². The molecule has 1 aliphatic heterocycles. The van der Waals surface area contributed by atoms with E-state index in [0.29, 0.717) is 13.0 Å². The van der Waals surface area contributed by atoms with Gasteiger partial charge in [-0.3, -0.25) is 4.79 Å². The molecule has 0 fully saturated rings. The van der Waals surface area contributed by atoms with Crippen LogP contribution in [0.15, 0.2) is 59.8 Å². The lowest BCUT2D eigenvalue weighted by atomic mass is 9.73. The van der Waals surface area contributed by atoms with Crippen LogP contribution in [-0.2, 0) is 4.79 Å². The number of fused-ring (bicyclic) bond motifs is 1. The quantitative estimate of drug-likeness (QED) is 0.719. The fourth-order valence-corrected chi connectivity index (χ4v) is 4.14. The lowest BCUT2D eigenvalue weighted by Gasteiger charge is -2.34. The maximum atomic E-state index is 13.2. The lowest BCUT2D eigenvalue weighted by molar-refractivity contribution is -0.118. The zero-order valence-electron chi connectivity index (χ0n) is 16.8. The SMILES string of the molecule is CCCOc1cccc(C2Nc3ccccc3NC3=C2C(=O)CC(C)(C)C3)c1. The minimum Gasteiger partial charge on any atom is -0.494 e. The van der Waals surface area contributed by atoms with Crippen molar-refractivity contribution in [3.05, 3.63) is 65.4 Å². The zero-order valence-corrected chi connectivity index (χ0v) is 16.8. The summed E-state index contributed by atoms with van der Waals surface area (Å²) in [5.74, 6) is 1.06. The highest BCUT2D eigenvalue weighted by molar-refractivity contribution is 6.01. The second-order valence-corrected chi connectivity index (χ2v) is 8.50. The zero-order chi connectivity index (χ0) is 19.7. The fraction of sp³-hybridized carbons (Fsp3) is 0.375. The van der Waals surface area contributed by atoms with Crippen molar-refractivity contribution in [3.63, 3.8) is 0 Å². The average molecular weight is 377 g/mol. The molecule has 4 nitrogen and oxygen atoms in total. The smallest absolute Gasteiger partial charge is 0.163 e. The Morgan fingerprint density at radius 2 is 1.86 bits per heavy atom. The number of Topliss-reactive ketones (excluding diaryl/α,β-unsaturated/α-hetero) is 1. The summed E-state index contributed by atoms with van der Waals surface area (Å²) < 4.78 is 5.84. The minimum absolute atomic E-state index is 0.0428. The summed E-state index contributed by atoms with van der Waals surface area (Å²) in [6.45, 7) is 7.11. The third-order valence-electron chi connectivity index (χ3n) is 5.39. The van der Waals surface area contributed by atoms with E-state index < -0.39 is 0 Å². The third kappa shape index (κ3) is 3.64. The Kier molecular flexibility index (Phi) is 4.88. The molecule has 2 aliphatic rings. The highest BCUT2D eigenvalue weighted by Crippen LogP contribution is 2.45. The van der Waals surface area contributed by atoms with Crippen LogP contribution in [-0.4, -0.2) is 12.4 Å². The molecule has 0 spiro atoms. The molecule has 146 valence electrons. The van der Waals surface area contributed by atoms with Gasteiger partial charge in [-0.2, -0.15) is 0 Å². The molecule has 1 unspecified atom stereocenters. The van der Waals surface area contributed by atoms with Crippen molar-refractivity contribution in [2.75, 3.05) is 17.2 Å². The predicted octanol–water partition coefficient (Wildman–Crippen LogP) is 5.70. The standard InChI is InChI=1S/C24H28N2O2/c1-4-12-28-17-9-7-8-16(13-17)23-22-20(14-24(2,3)15-21(22)27)25-18-10-5-6-11-19(18)26-23/h5-11,13,23,25-26H,4,12,14-15H2,1-3H3. The summed E-state index contributed by atoms with van der Waals surface area (Å²) in [6.07, 6.45) is 2.38. The van der Waals surface area contributed by atoms with Gasteiger partial charge in [0.1, 0.15) is 5.75 Å². The number of anilines is 2. The molecule has 2 aromatic carbocycles. The monoisotopic (exact) mass is 376 g/mol. The number of nitrogens with one attached hydrogen (secondary N) is 2. The van der Waals surface area contributed by atoms with Gasteiger partial charge in [0.2, 0.25) is 0 Å². The highest BCUT2D eigenvalue weighted by atomic mass is 16.5. The minimum atomic E-state index is -0.195. The second kappa shape index (κ2) is 7.34. The molecular formula is C24H28N2O2. The Hall–Kier alpha value is -2.75. The van der Waals surface area contributed by atoms with Gasteiger partial charge in [-0.1, -0.05) is 45.0 Å². The van der Waals surface area contributed by atoms with Crippen LogP contribution < -0.4 is 15.4 Å². The topological polar surface area (TPSA) is 50.4 Å². The van der Waals surface area contributed by atoms with Crippen LogP contribution in [0, 0.1) is 5.41 Å². The molecule has 1 heterocycles. The van der Waals surface area contributed by atoms with Crippen molar-refractivity contribution in [2.24, 2.45) is 5.41 Å². The molecule has 0 aromatic heterocycles. The van der Waals surface area contributed by atoms with E-state index in [1.165, 1.54) is 0 Å². The number of rotatable bonds is 4. The molecule has 0 amide bonds. The number of carbonyl (C=O) groups is 1. The Morgan fingerprint density at radius 1 is 1.07 bits per heavy atom. The number of hydrogen-bond donors (Lipinski definition) is 2. The van der Waals surface area contributed by atoms with Gasteiger partial charge in [0, 0.05) is 17.7 Å². The van der Waals surface area contributed by atoms with Crippen molar-refractivity contribution < 1.29 is 9.53 Å². The molecule has 28 heavy (non-hydrogen) atoms. The van der Waals surface area contributed by atoms with Crippen molar-refractivity contribution in [1.29, 1.82) is 0 Å². The summed E-state index contributed by atoms with van der Waals surface area (Å²) >= 11 is 0. The van der Waals surface area contributed by atoms with Gasteiger partial charge in [-0.15, -0.1) is 0 Å². The summed E-state index contributed by atoms with van der Waals surface area (Å²) in [5, 5.41) is 7.18. The molecule has 1 atom stereocenters. The fourth-order valence-electron chi connectivity index (χ4n) is 4.14. The van der Waals surface area contributed by atoms with Gasteiger partial charge in [-0.25, -0.2) is 0 Å². The van der Waals surface area contributed by atoms with E-state index in [2.05, 4.69) is 55.7 Å². The van der Waals surface area contributed by atoms with E-state index in [1.807, 2.05) is 24.3 Å². The first-order valence-electron chi connectivity index (χ1n) is 10.1. The molecule has 0 bridgehead atoms. The molecule has 2 aromatic rings. The third-order valence-corrected chi connectivity index (χ3v) is 5.39. The second-order valence-electron chi connectivity index (χ2n) is 8.50. The molecule has 1 aliphatic carbocycles. The van der Waals surface area contributed by atoms with E-state index in [4.69, 9.17) is 4.74 Å². The van der Waals surface area contributed by atoms with Gasteiger partial charge in [0.15, 0.2) is 5.78 Å². The van der Waals surface area contributed by atoms with Crippen LogP contribution in [0.1, 0.15) is 51.6 Å². The molecule has 0 saturated carbocycles. The van der Waals surface area contributed by atoms with Crippen molar-refractivity contribution in [1.82, 2.24) is 0 Å². The number of allylic oxidation sites excluding steroid dienone is 1. The number of carbonyl (C=O) groups excluding carboxylic acids is 1. The van der Waals surface area contributed by atoms with E-state index in [1.54, 1.807) is 0 Å². The van der Waals surface area contributed by atoms with E-state index in [9.17, 15) is 4.79 Å². The van der Waals surface area contributed by atoms with E-state index >= 15 is 0 Å². The van der Waals surface area contributed by atoms with Gasteiger partial charge in [-0.05, 0) is 48.1 Å². The van der Waals surface area contributed by atoms with Crippen molar-refractivity contribution >= 4 is 17.2 Å². The summed E-state index contributed by atoms with van der Waals surface area (Å²) in [5.41, 5.74) is 4.91. The normalized spacial score (nSPS) is 20.4. The summed E-state index contributed by atoms with van der Waals surface area (Å²) in [6, 6.07) is 16.1. The lowest BCUT2D eigenvalue weighted by Crippen LogP contribution is -2.31. The van der Waals surface area contributed by atoms with Gasteiger partial charge >= 0.3 is 0 Å². The number of benzene rings is 2. The molecule has 0 saturated heterocycles. The number of ether oxygens (including phenoxy) is 1. The van der Waals surface area contributed by atoms with Gasteiger partial charge in [0.25, 0.3) is 0 Å². The Morgan fingerprint density at radius 3 is 2.64 bits per heavy atom. The van der Waals surface area contributed by atoms with Crippen LogP contribution in [0.25, 0.3) is 0 Å². The molecule has 4 heteroatoms. The molecule has 4 rings (SSSR count). The Labute approximate surface area is 167 Å². The highest BCUT2D eigenvalue weighted by Gasteiger charge is 2.38. The van der Waals surface area contributed by atoms with Crippen molar-refractivity contribution in [2.45, 2.75) is 46.1 Å². The van der Waals surface area contributed by atoms with Crippen LogP contribution in [0.3, 0.4) is 0 Å². The van der Waals surface area contributed by atoms with E-state index in [0.717, 1.165) is 46.8 Å². The average Bonchev–Trinajstić information content (AvgIpc) is 2.82. The van der Waals surface area contributed by atoms with Crippen LogP contribution in [0.4, 0.5) is 11.4 Å². The largest absolute Gasteiger partial charge is 0.494 e. The maximum Gasteiger partial charge on any atom is 0.163 e. The van der Waals surface area contributed by atoms with Crippen LogP contribution in [0.2, 0.25) is 0 Å². The molecule has 0 radical (unpaired) electrons. The number of ketones is 1. The summed E-state index contributed by atoms with van der Waals surface area (Å²) in [4.78, 5) is 13.2. The first-order valence-corrected chi connectivity index (χ1v) is 10.1. The molecule has 2 N–H and O–H groups in total. The van der Waals surface area contributed by atoms with Gasteiger partial charge < -0.3 is 15.4 Å².